The Hall–Kier alpha value is -3.36. The highest BCUT2D eigenvalue weighted by Gasteiger charge is 2.19. The minimum Gasteiger partial charge on any atom is -0.454 e. The molecule has 5 aromatic rings. The summed E-state index contributed by atoms with van der Waals surface area (Å²) in [5.41, 5.74) is 4.04. The van der Waals surface area contributed by atoms with Crippen molar-refractivity contribution in [2.45, 2.75) is 24.4 Å². The molecule has 1 aliphatic heterocycles. The Balaban J connectivity index is 1.45. The van der Waals surface area contributed by atoms with Gasteiger partial charge in [0.2, 0.25) is 6.79 Å². The van der Waals surface area contributed by atoms with Gasteiger partial charge in [-0.05, 0) is 42.3 Å². The van der Waals surface area contributed by atoms with Crippen molar-refractivity contribution in [1.82, 2.24) is 14.5 Å². The third kappa shape index (κ3) is 3.75. The summed E-state index contributed by atoms with van der Waals surface area (Å²) in [5.74, 6) is 2.15. The lowest BCUT2D eigenvalue weighted by molar-refractivity contribution is 0.174. The van der Waals surface area contributed by atoms with E-state index in [2.05, 4.69) is 36.2 Å². The lowest BCUT2D eigenvalue weighted by Gasteiger charge is -2.13. The van der Waals surface area contributed by atoms with Crippen LogP contribution >= 0.6 is 23.1 Å². The quantitative estimate of drug-likeness (QED) is 0.252. The Morgan fingerprint density at radius 1 is 1.06 bits per heavy atom. The number of hydrogen-bond donors (Lipinski definition) is 0. The standard InChI is InChI=1S/C25H19N3O3S2/c1-15-4-6-16(7-5-15)13-32-25-27-21-18-3-2-10-26-23(18)33-22(21)24(29)28(25)12-17-8-9-19-20(11-17)31-14-30-19/h2-11H,12-14H2,1H3. The molecule has 33 heavy (non-hydrogen) atoms. The van der Waals surface area contributed by atoms with Crippen LogP contribution in [0.4, 0.5) is 0 Å². The fourth-order valence-corrected chi connectivity index (χ4v) is 5.82. The SMILES string of the molecule is Cc1ccc(CSc2nc3c(sc4ncccc43)c(=O)n2Cc2ccc3c(c2)OCO3)cc1. The first-order chi connectivity index (χ1) is 16.2. The summed E-state index contributed by atoms with van der Waals surface area (Å²) in [4.78, 5) is 23.9. The van der Waals surface area contributed by atoms with Gasteiger partial charge in [0.1, 0.15) is 9.53 Å². The lowest BCUT2D eigenvalue weighted by atomic mass is 10.2. The minimum absolute atomic E-state index is 0.0490. The normalized spacial score (nSPS) is 12.6. The molecular weight excluding hydrogens is 454 g/mol. The van der Waals surface area contributed by atoms with Crippen LogP contribution in [0.15, 0.2) is 70.7 Å². The number of hydrogen-bond acceptors (Lipinski definition) is 7. The monoisotopic (exact) mass is 473 g/mol. The van der Waals surface area contributed by atoms with Gasteiger partial charge in [0.05, 0.1) is 12.1 Å². The first-order valence-electron chi connectivity index (χ1n) is 10.5. The first-order valence-corrected chi connectivity index (χ1v) is 12.3. The minimum atomic E-state index is -0.0490. The second-order valence-electron chi connectivity index (χ2n) is 7.88. The number of aryl methyl sites for hydroxylation is 1. The number of thiophene rings is 1. The summed E-state index contributed by atoms with van der Waals surface area (Å²) in [6, 6.07) is 18.1. The van der Waals surface area contributed by atoms with Gasteiger partial charge in [0, 0.05) is 17.3 Å². The highest BCUT2D eigenvalue weighted by atomic mass is 32.2. The van der Waals surface area contributed by atoms with Crippen LogP contribution < -0.4 is 15.0 Å². The van der Waals surface area contributed by atoms with Crippen LogP contribution in [-0.2, 0) is 12.3 Å². The van der Waals surface area contributed by atoms with Gasteiger partial charge < -0.3 is 9.47 Å². The molecule has 0 bridgehead atoms. The van der Waals surface area contributed by atoms with E-state index in [4.69, 9.17) is 14.5 Å². The number of benzene rings is 2. The maximum absolute atomic E-state index is 13.6. The molecule has 0 saturated heterocycles. The van der Waals surface area contributed by atoms with Gasteiger partial charge in [0.15, 0.2) is 16.7 Å². The topological polar surface area (TPSA) is 66.2 Å². The average molecular weight is 474 g/mol. The van der Waals surface area contributed by atoms with Crippen LogP contribution in [0.25, 0.3) is 20.4 Å². The Morgan fingerprint density at radius 2 is 1.88 bits per heavy atom. The molecular formula is C25H19N3O3S2. The van der Waals surface area contributed by atoms with Crippen molar-refractivity contribution in [1.29, 1.82) is 0 Å². The summed E-state index contributed by atoms with van der Waals surface area (Å²) in [5, 5.41) is 1.61. The highest BCUT2D eigenvalue weighted by molar-refractivity contribution is 7.98. The van der Waals surface area contributed by atoms with Gasteiger partial charge in [-0.15, -0.1) is 11.3 Å². The van der Waals surface area contributed by atoms with Crippen LogP contribution in [0.3, 0.4) is 0 Å². The molecule has 1 aliphatic rings. The summed E-state index contributed by atoms with van der Waals surface area (Å²) in [6.07, 6.45) is 1.75. The van der Waals surface area contributed by atoms with Gasteiger partial charge >= 0.3 is 0 Å². The predicted molar refractivity (Wildman–Crippen MR) is 132 cm³/mol. The molecule has 0 aliphatic carbocycles. The zero-order valence-corrected chi connectivity index (χ0v) is 19.4. The van der Waals surface area contributed by atoms with E-state index in [9.17, 15) is 4.79 Å². The average Bonchev–Trinajstić information content (AvgIpc) is 3.45. The third-order valence-corrected chi connectivity index (χ3v) is 7.72. The molecule has 0 spiro atoms. The van der Waals surface area contributed by atoms with Gasteiger partial charge in [-0.1, -0.05) is 47.7 Å². The van der Waals surface area contributed by atoms with E-state index < -0.39 is 0 Å². The largest absolute Gasteiger partial charge is 0.454 e. The van der Waals surface area contributed by atoms with Crippen LogP contribution in [0.5, 0.6) is 11.5 Å². The van der Waals surface area contributed by atoms with E-state index in [-0.39, 0.29) is 12.4 Å². The molecule has 0 N–H and O–H groups in total. The van der Waals surface area contributed by atoms with Gasteiger partial charge in [-0.2, -0.15) is 0 Å². The molecule has 3 aromatic heterocycles. The molecule has 0 amide bonds. The number of thioether (sulfide) groups is 1. The molecule has 0 unspecified atom stereocenters. The van der Waals surface area contributed by atoms with Crippen molar-refractivity contribution in [3.63, 3.8) is 0 Å². The second kappa shape index (κ2) is 8.20. The predicted octanol–water partition coefficient (Wildman–Crippen LogP) is 5.38. The summed E-state index contributed by atoms with van der Waals surface area (Å²) >= 11 is 2.97. The molecule has 0 radical (unpaired) electrons. The van der Waals surface area contributed by atoms with E-state index >= 15 is 0 Å². The lowest BCUT2D eigenvalue weighted by Crippen LogP contribution is -2.23. The van der Waals surface area contributed by atoms with E-state index in [0.717, 1.165) is 32.8 Å². The van der Waals surface area contributed by atoms with E-state index in [1.54, 1.807) is 22.5 Å². The van der Waals surface area contributed by atoms with Crippen molar-refractivity contribution < 1.29 is 9.47 Å². The number of nitrogens with zero attached hydrogens (tertiary/aromatic N) is 3. The van der Waals surface area contributed by atoms with Crippen molar-refractivity contribution in [3.8, 4) is 11.5 Å². The first kappa shape index (κ1) is 20.3. The molecule has 0 atom stereocenters. The zero-order chi connectivity index (χ0) is 22.4. The number of fused-ring (bicyclic) bond motifs is 4. The molecule has 6 rings (SSSR count). The Labute approximate surface area is 197 Å². The van der Waals surface area contributed by atoms with Crippen molar-refractivity contribution in [2.75, 3.05) is 6.79 Å². The molecule has 0 saturated carbocycles. The van der Waals surface area contributed by atoms with Crippen LogP contribution in [0, 0.1) is 6.92 Å². The summed E-state index contributed by atoms with van der Waals surface area (Å²) in [6.45, 7) is 2.69. The van der Waals surface area contributed by atoms with Crippen molar-refractivity contribution >= 4 is 43.5 Å². The Bertz CT molecular complexity index is 1560. The number of ether oxygens (including phenoxy) is 2. The fourth-order valence-electron chi connectivity index (χ4n) is 3.84. The van der Waals surface area contributed by atoms with E-state index in [0.29, 0.717) is 22.2 Å². The maximum Gasteiger partial charge on any atom is 0.272 e. The van der Waals surface area contributed by atoms with Gasteiger partial charge in [0.25, 0.3) is 5.56 Å². The molecule has 164 valence electrons. The van der Waals surface area contributed by atoms with E-state index in [1.165, 1.54) is 22.5 Å². The van der Waals surface area contributed by atoms with Crippen LogP contribution in [0.2, 0.25) is 0 Å². The van der Waals surface area contributed by atoms with Crippen molar-refractivity contribution in [2.24, 2.45) is 0 Å². The van der Waals surface area contributed by atoms with Crippen LogP contribution in [-0.4, -0.2) is 21.3 Å². The number of aromatic nitrogens is 3. The molecule has 2 aromatic carbocycles. The summed E-state index contributed by atoms with van der Waals surface area (Å²) in [7, 11) is 0. The second-order valence-corrected chi connectivity index (χ2v) is 9.83. The Kier molecular flexibility index (Phi) is 5.04. The Morgan fingerprint density at radius 3 is 2.76 bits per heavy atom. The molecule has 4 heterocycles. The summed E-state index contributed by atoms with van der Waals surface area (Å²) < 4.78 is 13.3. The third-order valence-electron chi connectivity index (χ3n) is 5.58. The van der Waals surface area contributed by atoms with Gasteiger partial charge in [-0.25, -0.2) is 9.97 Å². The molecule has 6 nitrogen and oxygen atoms in total. The fraction of sp³-hybridized carbons (Fsp3) is 0.160. The molecule has 8 heteroatoms. The van der Waals surface area contributed by atoms with E-state index in [1.807, 2.05) is 30.3 Å². The van der Waals surface area contributed by atoms with Crippen molar-refractivity contribution in [3.05, 3.63) is 87.8 Å². The smallest absolute Gasteiger partial charge is 0.272 e. The number of rotatable bonds is 5. The van der Waals surface area contributed by atoms with Crippen LogP contribution in [0.1, 0.15) is 16.7 Å². The highest BCUT2D eigenvalue weighted by Crippen LogP contribution is 2.34. The van der Waals surface area contributed by atoms with Gasteiger partial charge in [-0.3, -0.25) is 9.36 Å². The maximum atomic E-state index is 13.6. The molecule has 0 fully saturated rings. The number of pyridine rings is 1. The zero-order valence-electron chi connectivity index (χ0n) is 17.8.